The molecule has 1 saturated carbocycles. The fourth-order valence-electron chi connectivity index (χ4n) is 2.07. The molecule has 0 aliphatic heterocycles. The maximum absolute atomic E-state index is 3.94. The van der Waals surface area contributed by atoms with E-state index >= 15 is 0 Å². The Morgan fingerprint density at radius 2 is 2.36 bits per heavy atom. The highest BCUT2D eigenvalue weighted by atomic mass is 15.5. The first-order valence-electron chi connectivity index (χ1n) is 5.22. The summed E-state index contributed by atoms with van der Waals surface area (Å²) in [5.74, 6) is 1.69. The summed E-state index contributed by atoms with van der Waals surface area (Å²) in [7, 11) is 1.87. The van der Waals surface area contributed by atoms with Crippen LogP contribution in [-0.4, -0.2) is 26.2 Å². The molecule has 5 heteroatoms. The van der Waals surface area contributed by atoms with Crippen molar-refractivity contribution in [2.24, 2.45) is 13.0 Å². The highest BCUT2D eigenvalue weighted by molar-refractivity contribution is 4.84. The SMILES string of the molecule is CC1CCCC1NCc1nnnn1C. The predicted octanol–water partition coefficient (Wildman–Crippen LogP) is 0.488. The first-order valence-corrected chi connectivity index (χ1v) is 5.22. The monoisotopic (exact) mass is 195 g/mol. The molecule has 2 rings (SSSR count). The van der Waals surface area contributed by atoms with Crippen molar-refractivity contribution in [2.75, 3.05) is 0 Å². The number of nitrogens with zero attached hydrogens (tertiary/aromatic N) is 4. The van der Waals surface area contributed by atoms with Crippen molar-refractivity contribution in [3.8, 4) is 0 Å². The predicted molar refractivity (Wildman–Crippen MR) is 52.4 cm³/mol. The lowest BCUT2D eigenvalue weighted by Gasteiger charge is -2.16. The lowest BCUT2D eigenvalue weighted by molar-refractivity contribution is 0.416. The van der Waals surface area contributed by atoms with Crippen molar-refractivity contribution in [1.29, 1.82) is 0 Å². The number of tetrazole rings is 1. The van der Waals surface area contributed by atoms with Crippen LogP contribution in [0, 0.1) is 5.92 Å². The van der Waals surface area contributed by atoms with Crippen molar-refractivity contribution in [2.45, 2.75) is 38.8 Å². The first kappa shape index (κ1) is 9.58. The zero-order valence-corrected chi connectivity index (χ0v) is 8.77. The standard InChI is InChI=1S/C9H17N5/c1-7-4-3-5-8(7)10-6-9-11-12-13-14(9)2/h7-8,10H,3-6H2,1-2H3. The fraction of sp³-hybridized carbons (Fsp3) is 0.889. The molecule has 1 fully saturated rings. The number of hydrogen-bond donors (Lipinski definition) is 1. The third-order valence-corrected chi connectivity index (χ3v) is 3.09. The lowest BCUT2D eigenvalue weighted by Crippen LogP contribution is -2.31. The van der Waals surface area contributed by atoms with Crippen LogP contribution in [0.2, 0.25) is 0 Å². The van der Waals surface area contributed by atoms with Crippen molar-refractivity contribution >= 4 is 0 Å². The van der Waals surface area contributed by atoms with Crippen molar-refractivity contribution in [1.82, 2.24) is 25.5 Å². The summed E-state index contributed by atoms with van der Waals surface area (Å²) in [6, 6.07) is 0.645. The fourth-order valence-corrected chi connectivity index (χ4v) is 2.07. The minimum atomic E-state index is 0.645. The Kier molecular flexibility index (Phi) is 2.77. The molecule has 1 aliphatic carbocycles. The third kappa shape index (κ3) is 1.92. The zero-order chi connectivity index (χ0) is 9.97. The van der Waals surface area contributed by atoms with Gasteiger partial charge in [0.2, 0.25) is 0 Å². The van der Waals surface area contributed by atoms with Gasteiger partial charge in [-0.2, -0.15) is 0 Å². The Morgan fingerprint density at radius 1 is 1.50 bits per heavy atom. The van der Waals surface area contributed by atoms with Gasteiger partial charge in [-0.3, -0.25) is 0 Å². The molecule has 5 nitrogen and oxygen atoms in total. The van der Waals surface area contributed by atoms with Crippen LogP contribution in [0.15, 0.2) is 0 Å². The van der Waals surface area contributed by atoms with Crippen LogP contribution >= 0.6 is 0 Å². The zero-order valence-electron chi connectivity index (χ0n) is 8.77. The Labute approximate surface area is 83.9 Å². The number of hydrogen-bond acceptors (Lipinski definition) is 4. The van der Waals surface area contributed by atoms with Gasteiger partial charge >= 0.3 is 0 Å². The highest BCUT2D eigenvalue weighted by Gasteiger charge is 2.22. The van der Waals surface area contributed by atoms with Gasteiger partial charge < -0.3 is 5.32 Å². The Bertz CT molecular complexity index is 295. The first-order chi connectivity index (χ1) is 6.77. The maximum atomic E-state index is 3.94. The molecule has 1 N–H and O–H groups in total. The van der Waals surface area contributed by atoms with Crippen LogP contribution in [0.25, 0.3) is 0 Å². The van der Waals surface area contributed by atoms with Crippen LogP contribution in [0.5, 0.6) is 0 Å². The number of aryl methyl sites for hydroxylation is 1. The Hall–Kier alpha value is -0.970. The van der Waals surface area contributed by atoms with Gasteiger partial charge in [-0.1, -0.05) is 13.3 Å². The van der Waals surface area contributed by atoms with Gasteiger partial charge in [0, 0.05) is 13.1 Å². The smallest absolute Gasteiger partial charge is 0.164 e. The van der Waals surface area contributed by atoms with E-state index in [0.717, 1.165) is 18.3 Å². The van der Waals surface area contributed by atoms with E-state index in [0.29, 0.717) is 6.04 Å². The minimum Gasteiger partial charge on any atom is -0.307 e. The second kappa shape index (κ2) is 4.04. The molecule has 1 aromatic heterocycles. The van der Waals surface area contributed by atoms with E-state index in [9.17, 15) is 0 Å². The van der Waals surface area contributed by atoms with E-state index in [-0.39, 0.29) is 0 Å². The van der Waals surface area contributed by atoms with Gasteiger partial charge in [0.1, 0.15) is 0 Å². The van der Waals surface area contributed by atoms with Crippen LogP contribution in [0.3, 0.4) is 0 Å². The number of nitrogens with one attached hydrogen (secondary N) is 1. The topological polar surface area (TPSA) is 55.6 Å². The quantitative estimate of drug-likeness (QED) is 0.762. The molecule has 1 heterocycles. The molecular weight excluding hydrogens is 178 g/mol. The summed E-state index contributed by atoms with van der Waals surface area (Å²) < 4.78 is 1.71. The van der Waals surface area contributed by atoms with Gasteiger partial charge in [0.25, 0.3) is 0 Å². The number of aromatic nitrogens is 4. The van der Waals surface area contributed by atoms with Gasteiger partial charge in [0.15, 0.2) is 5.82 Å². The van der Waals surface area contributed by atoms with E-state index in [4.69, 9.17) is 0 Å². The summed E-state index contributed by atoms with van der Waals surface area (Å²) in [6.07, 6.45) is 3.97. The molecule has 0 aromatic carbocycles. The van der Waals surface area contributed by atoms with E-state index in [2.05, 4.69) is 27.8 Å². The third-order valence-electron chi connectivity index (χ3n) is 3.09. The molecule has 1 aromatic rings. The summed E-state index contributed by atoms with van der Waals surface area (Å²) in [5.41, 5.74) is 0. The van der Waals surface area contributed by atoms with Crippen LogP contribution in [-0.2, 0) is 13.6 Å². The van der Waals surface area contributed by atoms with E-state index in [1.54, 1.807) is 4.68 Å². The lowest BCUT2D eigenvalue weighted by atomic mass is 10.1. The second-order valence-corrected chi connectivity index (χ2v) is 4.11. The van der Waals surface area contributed by atoms with Gasteiger partial charge in [-0.25, -0.2) is 4.68 Å². The molecule has 0 spiro atoms. The summed E-state index contributed by atoms with van der Waals surface area (Å²) in [5, 5.41) is 14.9. The molecule has 0 amide bonds. The molecule has 0 saturated heterocycles. The van der Waals surface area contributed by atoms with Crippen molar-refractivity contribution < 1.29 is 0 Å². The molecule has 1 aliphatic rings. The number of rotatable bonds is 3. The van der Waals surface area contributed by atoms with Crippen LogP contribution < -0.4 is 5.32 Å². The summed E-state index contributed by atoms with van der Waals surface area (Å²) >= 11 is 0. The van der Waals surface area contributed by atoms with Crippen molar-refractivity contribution in [3.63, 3.8) is 0 Å². The van der Waals surface area contributed by atoms with Gasteiger partial charge in [-0.15, -0.1) is 5.10 Å². The molecule has 78 valence electrons. The minimum absolute atomic E-state index is 0.645. The van der Waals surface area contributed by atoms with Crippen LogP contribution in [0.4, 0.5) is 0 Å². The van der Waals surface area contributed by atoms with E-state index in [1.165, 1.54) is 19.3 Å². The second-order valence-electron chi connectivity index (χ2n) is 4.11. The molecule has 0 bridgehead atoms. The molecule has 14 heavy (non-hydrogen) atoms. The van der Waals surface area contributed by atoms with Gasteiger partial charge in [-0.05, 0) is 29.2 Å². The average molecular weight is 195 g/mol. The highest BCUT2D eigenvalue weighted by Crippen LogP contribution is 2.24. The molecule has 0 radical (unpaired) electrons. The molecule has 2 unspecified atom stereocenters. The largest absolute Gasteiger partial charge is 0.307 e. The summed E-state index contributed by atoms with van der Waals surface area (Å²) in [6.45, 7) is 3.08. The molecule has 2 atom stereocenters. The Balaban J connectivity index is 1.85. The molecular formula is C9H17N5. The normalized spacial score (nSPS) is 27.0. The average Bonchev–Trinajstić information content (AvgIpc) is 2.72. The van der Waals surface area contributed by atoms with Gasteiger partial charge in [0.05, 0.1) is 6.54 Å². The maximum Gasteiger partial charge on any atom is 0.164 e. The van der Waals surface area contributed by atoms with E-state index < -0.39 is 0 Å². The van der Waals surface area contributed by atoms with E-state index in [1.807, 2.05) is 7.05 Å². The van der Waals surface area contributed by atoms with Crippen LogP contribution in [0.1, 0.15) is 32.0 Å². The van der Waals surface area contributed by atoms with Crippen molar-refractivity contribution in [3.05, 3.63) is 5.82 Å². The Morgan fingerprint density at radius 3 is 2.93 bits per heavy atom. The summed E-state index contributed by atoms with van der Waals surface area (Å²) in [4.78, 5) is 0.